The standard InChI is InChI=1S/C14H18N6O2/c1-22-13-5-4-11(7-12(13)20-8-16-18-19-20)17-14(21)9-2-3-10(15)6-9/h4-5,7-10H,2-3,6,15H2,1H3,(H,17,21). The molecule has 116 valence electrons. The lowest BCUT2D eigenvalue weighted by molar-refractivity contribution is -0.119. The number of nitrogens with zero attached hydrogens (tertiary/aromatic N) is 4. The van der Waals surface area contributed by atoms with E-state index in [4.69, 9.17) is 10.5 Å². The Morgan fingerprint density at radius 2 is 2.32 bits per heavy atom. The number of hydrogen-bond acceptors (Lipinski definition) is 6. The number of nitrogens with one attached hydrogen (secondary N) is 1. The minimum Gasteiger partial charge on any atom is -0.494 e. The molecule has 0 saturated heterocycles. The molecule has 1 saturated carbocycles. The molecule has 2 aromatic rings. The second-order valence-electron chi connectivity index (χ2n) is 5.40. The lowest BCUT2D eigenvalue weighted by Crippen LogP contribution is -2.23. The monoisotopic (exact) mass is 302 g/mol. The number of carbonyl (C=O) groups excluding carboxylic acids is 1. The van der Waals surface area contributed by atoms with E-state index in [2.05, 4.69) is 20.8 Å². The molecule has 0 spiro atoms. The van der Waals surface area contributed by atoms with Crippen LogP contribution in [0.15, 0.2) is 24.5 Å². The fourth-order valence-electron chi connectivity index (χ4n) is 2.72. The summed E-state index contributed by atoms with van der Waals surface area (Å²) in [5, 5.41) is 14.0. The number of aromatic nitrogens is 4. The first-order valence-electron chi connectivity index (χ1n) is 7.15. The maximum absolute atomic E-state index is 12.3. The van der Waals surface area contributed by atoms with Crippen LogP contribution in [0.1, 0.15) is 19.3 Å². The third-order valence-corrected chi connectivity index (χ3v) is 3.89. The molecule has 22 heavy (non-hydrogen) atoms. The van der Waals surface area contributed by atoms with E-state index >= 15 is 0 Å². The fourth-order valence-corrected chi connectivity index (χ4v) is 2.72. The lowest BCUT2D eigenvalue weighted by Gasteiger charge is -2.13. The van der Waals surface area contributed by atoms with E-state index in [1.807, 2.05) is 0 Å². The Bertz CT molecular complexity index is 657. The number of benzene rings is 1. The van der Waals surface area contributed by atoms with Crippen LogP contribution in [0.4, 0.5) is 5.69 Å². The van der Waals surface area contributed by atoms with Crippen molar-refractivity contribution in [2.75, 3.05) is 12.4 Å². The molecule has 0 bridgehead atoms. The highest BCUT2D eigenvalue weighted by molar-refractivity contribution is 5.93. The molecule has 1 amide bonds. The van der Waals surface area contributed by atoms with Crippen LogP contribution in [0.2, 0.25) is 0 Å². The summed E-state index contributed by atoms with van der Waals surface area (Å²) < 4.78 is 6.78. The molecule has 1 aliphatic rings. The molecule has 3 rings (SSSR count). The topological polar surface area (TPSA) is 108 Å². The summed E-state index contributed by atoms with van der Waals surface area (Å²) in [6.45, 7) is 0. The zero-order valence-electron chi connectivity index (χ0n) is 12.3. The van der Waals surface area contributed by atoms with Gasteiger partial charge in [-0.05, 0) is 47.9 Å². The molecule has 0 radical (unpaired) electrons. The Morgan fingerprint density at radius 3 is 2.95 bits per heavy atom. The predicted molar refractivity (Wildman–Crippen MR) is 79.7 cm³/mol. The van der Waals surface area contributed by atoms with Gasteiger partial charge in [0, 0.05) is 17.6 Å². The van der Waals surface area contributed by atoms with Gasteiger partial charge in [-0.2, -0.15) is 4.68 Å². The number of carbonyl (C=O) groups is 1. The fraction of sp³-hybridized carbons (Fsp3) is 0.429. The maximum atomic E-state index is 12.3. The highest BCUT2D eigenvalue weighted by atomic mass is 16.5. The third-order valence-electron chi connectivity index (χ3n) is 3.89. The molecule has 2 atom stereocenters. The van der Waals surface area contributed by atoms with E-state index in [1.165, 1.54) is 11.0 Å². The summed E-state index contributed by atoms with van der Waals surface area (Å²) in [5.41, 5.74) is 7.20. The van der Waals surface area contributed by atoms with Crippen molar-refractivity contribution in [1.29, 1.82) is 0 Å². The molecule has 0 aliphatic heterocycles. The third kappa shape index (κ3) is 2.91. The van der Waals surface area contributed by atoms with Crippen LogP contribution < -0.4 is 15.8 Å². The minimum absolute atomic E-state index is 0.000724. The number of anilines is 1. The largest absolute Gasteiger partial charge is 0.494 e. The smallest absolute Gasteiger partial charge is 0.227 e. The van der Waals surface area contributed by atoms with Crippen LogP contribution in [0.25, 0.3) is 5.69 Å². The molecular weight excluding hydrogens is 284 g/mol. The summed E-state index contributed by atoms with van der Waals surface area (Å²) in [7, 11) is 1.57. The SMILES string of the molecule is COc1ccc(NC(=O)C2CCC(N)C2)cc1-n1cnnn1. The van der Waals surface area contributed by atoms with Gasteiger partial charge in [-0.1, -0.05) is 0 Å². The van der Waals surface area contributed by atoms with Crippen molar-refractivity contribution in [3.05, 3.63) is 24.5 Å². The van der Waals surface area contributed by atoms with Gasteiger partial charge in [0.2, 0.25) is 5.91 Å². The normalized spacial score (nSPS) is 20.8. The van der Waals surface area contributed by atoms with Crippen molar-refractivity contribution < 1.29 is 9.53 Å². The van der Waals surface area contributed by atoms with Crippen molar-refractivity contribution >= 4 is 11.6 Å². The number of hydrogen-bond donors (Lipinski definition) is 2. The zero-order chi connectivity index (χ0) is 15.5. The van der Waals surface area contributed by atoms with Crippen molar-refractivity contribution in [3.63, 3.8) is 0 Å². The minimum atomic E-state index is -0.0198. The molecular formula is C14H18N6O2. The van der Waals surface area contributed by atoms with Crippen molar-refractivity contribution in [3.8, 4) is 11.4 Å². The Balaban J connectivity index is 1.80. The summed E-state index contributed by atoms with van der Waals surface area (Å²) >= 11 is 0. The Morgan fingerprint density at radius 1 is 1.45 bits per heavy atom. The summed E-state index contributed by atoms with van der Waals surface area (Å²) in [6, 6.07) is 5.47. The maximum Gasteiger partial charge on any atom is 0.227 e. The quantitative estimate of drug-likeness (QED) is 0.862. The Labute approximate surface area is 127 Å². The van der Waals surface area contributed by atoms with Crippen molar-refractivity contribution in [1.82, 2.24) is 20.2 Å². The highest BCUT2D eigenvalue weighted by Gasteiger charge is 2.27. The van der Waals surface area contributed by atoms with Crippen LogP contribution >= 0.6 is 0 Å². The number of methoxy groups -OCH3 is 1. The van der Waals surface area contributed by atoms with Gasteiger partial charge >= 0.3 is 0 Å². The van der Waals surface area contributed by atoms with Gasteiger partial charge in [-0.25, -0.2) is 0 Å². The molecule has 1 heterocycles. The summed E-state index contributed by atoms with van der Waals surface area (Å²) in [5.74, 6) is 0.600. The zero-order valence-corrected chi connectivity index (χ0v) is 12.3. The summed E-state index contributed by atoms with van der Waals surface area (Å²) in [6.07, 6.45) is 3.95. The molecule has 1 aromatic carbocycles. The molecule has 1 fully saturated rings. The van der Waals surface area contributed by atoms with Crippen LogP contribution in [0.5, 0.6) is 5.75 Å². The van der Waals surface area contributed by atoms with Gasteiger partial charge in [0.25, 0.3) is 0 Å². The number of tetrazole rings is 1. The lowest BCUT2D eigenvalue weighted by atomic mass is 10.1. The predicted octanol–water partition coefficient (Wildman–Crippen LogP) is 0.737. The van der Waals surface area contributed by atoms with Gasteiger partial charge in [-0.3, -0.25) is 4.79 Å². The second-order valence-corrected chi connectivity index (χ2v) is 5.40. The highest BCUT2D eigenvalue weighted by Crippen LogP contribution is 2.28. The summed E-state index contributed by atoms with van der Waals surface area (Å²) in [4.78, 5) is 12.3. The Hall–Kier alpha value is -2.48. The number of amides is 1. The van der Waals surface area contributed by atoms with E-state index in [0.29, 0.717) is 17.1 Å². The van der Waals surface area contributed by atoms with E-state index in [-0.39, 0.29) is 17.9 Å². The van der Waals surface area contributed by atoms with E-state index in [9.17, 15) is 4.79 Å². The number of nitrogens with two attached hydrogens (primary N) is 1. The van der Waals surface area contributed by atoms with Crippen molar-refractivity contribution in [2.24, 2.45) is 11.7 Å². The molecule has 8 heteroatoms. The molecule has 2 unspecified atom stereocenters. The van der Waals surface area contributed by atoms with Crippen LogP contribution in [0.3, 0.4) is 0 Å². The average molecular weight is 302 g/mol. The van der Waals surface area contributed by atoms with Gasteiger partial charge in [-0.15, -0.1) is 5.10 Å². The number of ether oxygens (including phenoxy) is 1. The Kier molecular flexibility index (Phi) is 4.01. The molecule has 3 N–H and O–H groups in total. The first kappa shape index (κ1) is 14.5. The van der Waals surface area contributed by atoms with Crippen LogP contribution in [-0.2, 0) is 4.79 Å². The van der Waals surface area contributed by atoms with Gasteiger partial charge < -0.3 is 15.8 Å². The van der Waals surface area contributed by atoms with E-state index < -0.39 is 0 Å². The van der Waals surface area contributed by atoms with Gasteiger partial charge in [0.05, 0.1) is 7.11 Å². The van der Waals surface area contributed by atoms with Crippen LogP contribution in [-0.4, -0.2) is 39.3 Å². The molecule has 1 aromatic heterocycles. The molecule has 1 aliphatic carbocycles. The molecule has 8 nitrogen and oxygen atoms in total. The van der Waals surface area contributed by atoms with Gasteiger partial charge in [0.1, 0.15) is 17.8 Å². The van der Waals surface area contributed by atoms with Crippen LogP contribution in [0, 0.1) is 5.92 Å². The average Bonchev–Trinajstić information content (AvgIpc) is 3.18. The van der Waals surface area contributed by atoms with Crippen molar-refractivity contribution in [2.45, 2.75) is 25.3 Å². The van der Waals surface area contributed by atoms with E-state index in [0.717, 1.165) is 19.3 Å². The van der Waals surface area contributed by atoms with Gasteiger partial charge in [0.15, 0.2) is 0 Å². The number of rotatable bonds is 4. The van der Waals surface area contributed by atoms with E-state index in [1.54, 1.807) is 25.3 Å². The first-order valence-corrected chi connectivity index (χ1v) is 7.15. The first-order chi connectivity index (χ1) is 10.7. The second kappa shape index (κ2) is 6.10.